The third-order valence-corrected chi connectivity index (χ3v) is 8.70. The molecule has 41 heavy (non-hydrogen) atoms. The number of nitrogens with one attached hydrogen (secondary N) is 2. The van der Waals surface area contributed by atoms with Crippen molar-refractivity contribution in [1.82, 2.24) is 19.9 Å². The van der Waals surface area contributed by atoms with Gasteiger partial charge in [0.1, 0.15) is 5.82 Å². The molecule has 0 aliphatic heterocycles. The first kappa shape index (κ1) is 27.9. The van der Waals surface area contributed by atoms with E-state index in [-0.39, 0.29) is 5.60 Å². The molecule has 5 aromatic rings. The predicted octanol–water partition coefficient (Wildman–Crippen LogP) is 8.35. The van der Waals surface area contributed by atoms with Crippen LogP contribution < -0.4 is 10.6 Å². The maximum Gasteiger partial charge on any atom is 0.172 e. The molecule has 3 aromatic carbocycles. The molecule has 1 aliphatic carbocycles. The van der Waals surface area contributed by atoms with Crippen LogP contribution in [0.5, 0.6) is 0 Å². The third kappa shape index (κ3) is 6.33. The van der Waals surface area contributed by atoms with Gasteiger partial charge >= 0.3 is 0 Å². The lowest BCUT2D eigenvalue weighted by Crippen LogP contribution is -2.35. The molecule has 1 fully saturated rings. The number of rotatable bonds is 10. The molecule has 0 saturated heterocycles. The Labute approximate surface area is 254 Å². The van der Waals surface area contributed by atoms with Crippen molar-refractivity contribution in [3.63, 3.8) is 0 Å². The van der Waals surface area contributed by atoms with Gasteiger partial charge in [0.25, 0.3) is 0 Å². The van der Waals surface area contributed by atoms with Gasteiger partial charge in [0.15, 0.2) is 5.65 Å². The zero-order chi connectivity index (χ0) is 28.1. The van der Waals surface area contributed by atoms with Crippen LogP contribution in [0, 0.1) is 0 Å². The fourth-order valence-corrected chi connectivity index (χ4v) is 6.18. The van der Waals surface area contributed by atoms with Gasteiger partial charge in [-0.25, -0.2) is 4.98 Å². The molecule has 6 rings (SSSR count). The van der Waals surface area contributed by atoms with E-state index in [0.29, 0.717) is 18.3 Å². The molecule has 1 saturated carbocycles. The van der Waals surface area contributed by atoms with E-state index in [4.69, 9.17) is 21.3 Å². The van der Waals surface area contributed by atoms with E-state index in [1.165, 1.54) is 36.0 Å². The zero-order valence-corrected chi connectivity index (χ0v) is 25.2. The molecule has 0 unspecified atom stereocenters. The van der Waals surface area contributed by atoms with Crippen molar-refractivity contribution in [2.24, 2.45) is 0 Å². The van der Waals surface area contributed by atoms with Crippen LogP contribution in [0.1, 0.15) is 48.8 Å². The highest BCUT2D eigenvalue weighted by Crippen LogP contribution is 2.40. The number of anilines is 1. The standard InChI is InChI=1S/C33H33BrClN5O/c34-28-22-38-40-31(19-30(39-32(28)40)27-11-5-6-12-29(27)35)37-21-25-15-13-24(14-16-25)20-36-23-41-33(17-7-2-8-18-33)26-9-3-1-4-10-26/h1,3-6,9-16,19,22,36-37H,2,7-8,17-18,20-21,23H2. The number of nitrogens with zero attached hydrogens (tertiary/aromatic N) is 3. The van der Waals surface area contributed by atoms with Crippen LogP contribution in [0.3, 0.4) is 0 Å². The van der Waals surface area contributed by atoms with Gasteiger partial charge in [-0.15, -0.1) is 0 Å². The van der Waals surface area contributed by atoms with Crippen LogP contribution >= 0.6 is 27.5 Å². The number of hydrogen-bond donors (Lipinski definition) is 2. The number of ether oxygens (including phenoxy) is 1. The lowest BCUT2D eigenvalue weighted by molar-refractivity contribution is -0.0838. The summed E-state index contributed by atoms with van der Waals surface area (Å²) in [6.45, 7) is 1.93. The van der Waals surface area contributed by atoms with Crippen molar-refractivity contribution in [3.8, 4) is 11.3 Å². The summed E-state index contributed by atoms with van der Waals surface area (Å²) >= 11 is 10.0. The van der Waals surface area contributed by atoms with Gasteiger partial charge in [-0.05, 0) is 51.5 Å². The van der Waals surface area contributed by atoms with Crippen molar-refractivity contribution in [1.29, 1.82) is 0 Å². The minimum atomic E-state index is -0.170. The molecule has 2 heterocycles. The SMILES string of the molecule is Clc1ccccc1-c1cc(NCc2ccc(CNCOC3(c4ccccc4)CCCCC3)cc2)n2ncc(Br)c2n1. The number of halogens is 2. The van der Waals surface area contributed by atoms with Crippen LogP contribution in [0.2, 0.25) is 5.02 Å². The lowest BCUT2D eigenvalue weighted by Gasteiger charge is -2.38. The first-order valence-electron chi connectivity index (χ1n) is 14.1. The second-order valence-electron chi connectivity index (χ2n) is 10.5. The molecule has 2 aromatic heterocycles. The molecule has 1 aliphatic rings. The summed E-state index contributed by atoms with van der Waals surface area (Å²) in [7, 11) is 0. The van der Waals surface area contributed by atoms with Crippen molar-refractivity contribution in [3.05, 3.63) is 117 Å². The largest absolute Gasteiger partial charge is 0.366 e. The highest BCUT2D eigenvalue weighted by molar-refractivity contribution is 9.10. The fraction of sp³-hybridized carbons (Fsp3) is 0.273. The average Bonchev–Trinajstić information content (AvgIpc) is 3.40. The number of hydrogen-bond acceptors (Lipinski definition) is 5. The molecule has 6 nitrogen and oxygen atoms in total. The summed E-state index contributed by atoms with van der Waals surface area (Å²) in [6.07, 6.45) is 7.65. The normalized spacial score (nSPS) is 14.8. The summed E-state index contributed by atoms with van der Waals surface area (Å²) in [5.41, 5.74) is 5.92. The zero-order valence-electron chi connectivity index (χ0n) is 22.8. The van der Waals surface area contributed by atoms with Gasteiger partial charge in [0, 0.05) is 29.7 Å². The molecule has 0 bridgehead atoms. The van der Waals surface area contributed by atoms with Crippen LogP contribution in [-0.2, 0) is 23.4 Å². The van der Waals surface area contributed by atoms with Crippen LogP contribution in [-0.4, -0.2) is 21.3 Å². The smallest absolute Gasteiger partial charge is 0.172 e. The van der Waals surface area contributed by atoms with Crippen LogP contribution in [0.15, 0.2) is 95.6 Å². The summed E-state index contributed by atoms with van der Waals surface area (Å²) < 4.78 is 9.16. The van der Waals surface area contributed by atoms with Gasteiger partial charge in [-0.1, -0.05) is 104 Å². The van der Waals surface area contributed by atoms with E-state index in [2.05, 4.69) is 86.3 Å². The molecule has 210 valence electrons. The summed E-state index contributed by atoms with van der Waals surface area (Å²) in [5.74, 6) is 0.841. The minimum absolute atomic E-state index is 0.170. The van der Waals surface area contributed by atoms with Gasteiger partial charge in [0.05, 0.1) is 28.7 Å². The number of fused-ring (bicyclic) bond motifs is 1. The fourth-order valence-electron chi connectivity index (χ4n) is 5.60. The molecule has 0 atom stereocenters. The van der Waals surface area contributed by atoms with Crippen molar-refractivity contribution in [2.45, 2.75) is 50.8 Å². The Balaban J connectivity index is 1.08. The molecular formula is C33H33BrClN5O. The summed E-state index contributed by atoms with van der Waals surface area (Å²) in [4.78, 5) is 4.79. The van der Waals surface area contributed by atoms with E-state index in [1.54, 1.807) is 10.7 Å². The van der Waals surface area contributed by atoms with E-state index in [9.17, 15) is 0 Å². The number of benzene rings is 3. The Morgan fingerprint density at radius 1 is 0.878 bits per heavy atom. The first-order chi connectivity index (χ1) is 20.1. The third-order valence-electron chi connectivity index (χ3n) is 7.82. The second kappa shape index (κ2) is 12.7. The lowest BCUT2D eigenvalue weighted by atomic mass is 9.79. The average molecular weight is 631 g/mol. The number of aromatic nitrogens is 3. The van der Waals surface area contributed by atoms with Gasteiger partial charge in [-0.2, -0.15) is 9.61 Å². The van der Waals surface area contributed by atoms with Crippen LogP contribution in [0.4, 0.5) is 5.82 Å². The van der Waals surface area contributed by atoms with Gasteiger partial charge in [-0.3, -0.25) is 5.32 Å². The quantitative estimate of drug-likeness (QED) is 0.120. The highest BCUT2D eigenvalue weighted by Gasteiger charge is 2.34. The Morgan fingerprint density at radius 2 is 1.59 bits per heavy atom. The monoisotopic (exact) mass is 629 g/mol. The maximum atomic E-state index is 6.53. The first-order valence-corrected chi connectivity index (χ1v) is 15.3. The summed E-state index contributed by atoms with van der Waals surface area (Å²) in [6, 6.07) is 29.1. The molecule has 2 N–H and O–H groups in total. The second-order valence-corrected chi connectivity index (χ2v) is 11.8. The predicted molar refractivity (Wildman–Crippen MR) is 169 cm³/mol. The van der Waals surface area contributed by atoms with Crippen molar-refractivity contribution < 1.29 is 4.74 Å². The Hall–Kier alpha value is -3.23. The maximum absolute atomic E-state index is 6.53. The van der Waals surface area contributed by atoms with Crippen LogP contribution in [0.25, 0.3) is 16.9 Å². The van der Waals surface area contributed by atoms with Gasteiger partial charge in [0.2, 0.25) is 0 Å². The Bertz CT molecular complexity index is 1600. The summed E-state index contributed by atoms with van der Waals surface area (Å²) in [5, 5.41) is 12.2. The van der Waals surface area contributed by atoms with E-state index in [1.807, 2.05) is 30.3 Å². The van der Waals surface area contributed by atoms with Crippen molar-refractivity contribution in [2.75, 3.05) is 12.0 Å². The van der Waals surface area contributed by atoms with E-state index in [0.717, 1.165) is 46.6 Å². The molecule has 0 spiro atoms. The highest BCUT2D eigenvalue weighted by atomic mass is 79.9. The van der Waals surface area contributed by atoms with Crippen molar-refractivity contribution >= 4 is 39.0 Å². The Kier molecular flexibility index (Phi) is 8.67. The molecule has 8 heteroatoms. The van der Waals surface area contributed by atoms with Gasteiger partial charge < -0.3 is 10.1 Å². The Morgan fingerprint density at radius 3 is 2.34 bits per heavy atom. The van der Waals surface area contributed by atoms with E-state index < -0.39 is 0 Å². The minimum Gasteiger partial charge on any atom is -0.366 e. The topological polar surface area (TPSA) is 63.5 Å². The molecule has 0 amide bonds. The molecule has 0 radical (unpaired) electrons. The molecular weight excluding hydrogens is 598 g/mol. The van der Waals surface area contributed by atoms with E-state index >= 15 is 0 Å².